The van der Waals surface area contributed by atoms with Crippen LogP contribution in [0.25, 0.3) is 16.4 Å². The quantitative estimate of drug-likeness (QED) is 0.205. The molecule has 1 saturated carbocycles. The Morgan fingerprint density at radius 3 is 2.42 bits per heavy atom. The summed E-state index contributed by atoms with van der Waals surface area (Å²) in [7, 11) is 0. The number of urea groups is 1. The zero-order chi connectivity index (χ0) is 41.9. The number of pyridine rings is 1. The fourth-order valence-electron chi connectivity index (χ4n) is 9.18. The summed E-state index contributed by atoms with van der Waals surface area (Å²) in [5.41, 5.74) is 3.25. The van der Waals surface area contributed by atoms with Crippen molar-refractivity contribution in [3.05, 3.63) is 77.4 Å². The summed E-state index contributed by atoms with van der Waals surface area (Å²) >= 11 is 0. The maximum Gasteiger partial charge on any atom is 0.328 e. The highest BCUT2D eigenvalue weighted by molar-refractivity contribution is 6.06. The number of aliphatic hydroxyl groups is 1. The van der Waals surface area contributed by atoms with Gasteiger partial charge in [0.05, 0.1) is 51.7 Å². The molecule has 17 heteroatoms. The summed E-state index contributed by atoms with van der Waals surface area (Å²) in [4.78, 5) is 63.8. The second kappa shape index (κ2) is 15.3. The lowest BCUT2D eigenvalue weighted by molar-refractivity contribution is -0.138. The van der Waals surface area contributed by atoms with Crippen molar-refractivity contribution in [3.63, 3.8) is 0 Å². The molecule has 0 unspecified atom stereocenters. The molecule has 3 N–H and O–H groups in total. The summed E-state index contributed by atoms with van der Waals surface area (Å²) in [5.74, 6) is 0.251. The van der Waals surface area contributed by atoms with Crippen LogP contribution in [0, 0.1) is 24.2 Å². The van der Waals surface area contributed by atoms with Crippen molar-refractivity contribution in [2.75, 3.05) is 60.9 Å². The number of hydrogen-bond donors (Lipinski definition) is 3. The molecule has 1 aromatic carbocycles. The van der Waals surface area contributed by atoms with Crippen molar-refractivity contribution >= 4 is 57.4 Å². The van der Waals surface area contributed by atoms with E-state index in [0.717, 1.165) is 55.5 Å². The van der Waals surface area contributed by atoms with E-state index in [4.69, 9.17) is 10.1 Å². The Hall–Kier alpha value is -6.38. The van der Waals surface area contributed by atoms with Gasteiger partial charge in [0, 0.05) is 81.1 Å². The summed E-state index contributed by atoms with van der Waals surface area (Å²) < 4.78 is 3.53. The Balaban J connectivity index is 0.774. The minimum Gasteiger partial charge on any atom is -0.386 e. The molecule has 0 spiro atoms. The molecule has 0 atom stereocenters. The van der Waals surface area contributed by atoms with Crippen molar-refractivity contribution in [2.24, 2.45) is 5.92 Å². The molecule has 5 aromatic rings. The van der Waals surface area contributed by atoms with Crippen LogP contribution in [0.4, 0.5) is 22.0 Å². The Morgan fingerprint density at radius 1 is 0.967 bits per heavy atom. The second-order valence-electron chi connectivity index (χ2n) is 16.9. The standard InChI is InChI=1S/C43H48N12O5/c1-26-36(53-13-12-39(56)48-42(53)59)10-11-38(46-26)52-23-29(24-52)41(58)51-16-14-50(15-17-51)30-4-6-31(7-5-30)54-25-28-19-35(33(43(2,3)60)20-34(28)49-54)47-40(57)37-9-8-32-18-27(21-44)22-45-55(32)37/h8-11,18-20,22,25,29-31,60H,4-7,12-17,23-24H2,1-3H3,(H,47,57)(H,48,56,59). The molecule has 1 aliphatic carbocycles. The maximum atomic E-state index is 13.5. The molecule has 17 nitrogen and oxygen atoms in total. The fraction of sp³-hybridized carbons (Fsp3) is 0.442. The molecule has 5 amide bonds. The number of piperazine rings is 1. The van der Waals surface area contributed by atoms with Crippen LogP contribution >= 0.6 is 0 Å². The van der Waals surface area contributed by atoms with Crippen molar-refractivity contribution in [2.45, 2.75) is 70.6 Å². The smallest absolute Gasteiger partial charge is 0.328 e. The normalized spacial score (nSPS) is 20.6. The van der Waals surface area contributed by atoms with Crippen LogP contribution in [-0.2, 0) is 15.2 Å². The Kier molecular flexibility index (Phi) is 9.99. The molecule has 4 aromatic heterocycles. The molecule has 9 rings (SSSR count). The highest BCUT2D eigenvalue weighted by Gasteiger charge is 2.39. The lowest BCUT2D eigenvalue weighted by atomic mass is 9.89. The van der Waals surface area contributed by atoms with Crippen LogP contribution < -0.4 is 20.4 Å². The maximum absolute atomic E-state index is 13.5. The van der Waals surface area contributed by atoms with E-state index in [9.17, 15) is 29.5 Å². The van der Waals surface area contributed by atoms with E-state index in [1.807, 2.05) is 47.0 Å². The van der Waals surface area contributed by atoms with Crippen LogP contribution in [0.1, 0.15) is 79.3 Å². The van der Waals surface area contributed by atoms with Crippen LogP contribution in [0.15, 0.2) is 54.9 Å². The van der Waals surface area contributed by atoms with Gasteiger partial charge < -0.3 is 20.2 Å². The third-order valence-corrected chi connectivity index (χ3v) is 12.6. The van der Waals surface area contributed by atoms with Gasteiger partial charge in [0.25, 0.3) is 5.91 Å². The van der Waals surface area contributed by atoms with Gasteiger partial charge in [-0.2, -0.15) is 15.5 Å². The second-order valence-corrected chi connectivity index (χ2v) is 16.9. The SMILES string of the molecule is Cc1nc(N2CC(C(=O)N3CCN(C4CCC(n5cc6cc(NC(=O)c7ccc8cc(C#N)cnn78)c(C(C)(C)O)cc6n5)CC4)CC3)C2)ccc1N1CCC(=O)NC1=O. The third-order valence-electron chi connectivity index (χ3n) is 12.6. The lowest BCUT2D eigenvalue weighted by Crippen LogP contribution is -2.59. The summed E-state index contributed by atoms with van der Waals surface area (Å²) in [6.45, 7) is 9.90. The molecule has 4 fully saturated rings. The largest absolute Gasteiger partial charge is 0.386 e. The molecule has 4 aliphatic rings. The zero-order valence-corrected chi connectivity index (χ0v) is 34.0. The predicted molar refractivity (Wildman–Crippen MR) is 222 cm³/mol. The van der Waals surface area contributed by atoms with E-state index in [1.165, 1.54) is 10.7 Å². The highest BCUT2D eigenvalue weighted by Crippen LogP contribution is 2.36. The number of imide groups is 1. The van der Waals surface area contributed by atoms with Gasteiger partial charge in [-0.15, -0.1) is 0 Å². The first-order valence-electron chi connectivity index (χ1n) is 20.6. The number of aromatic nitrogens is 5. The van der Waals surface area contributed by atoms with Gasteiger partial charge in [0.2, 0.25) is 11.8 Å². The number of anilines is 3. The number of nitrogens with zero attached hydrogens (tertiary/aromatic N) is 10. The summed E-state index contributed by atoms with van der Waals surface area (Å²) in [6.07, 6.45) is 7.71. The first-order valence-corrected chi connectivity index (χ1v) is 20.6. The van der Waals surface area contributed by atoms with E-state index in [-0.39, 0.29) is 36.1 Å². The van der Waals surface area contributed by atoms with Crippen LogP contribution in [0.2, 0.25) is 0 Å². The minimum absolute atomic E-state index is 0.0686. The van der Waals surface area contributed by atoms with E-state index in [0.29, 0.717) is 78.2 Å². The van der Waals surface area contributed by atoms with Gasteiger partial charge >= 0.3 is 6.03 Å². The van der Waals surface area contributed by atoms with Gasteiger partial charge in [-0.25, -0.2) is 14.3 Å². The number of amides is 5. The highest BCUT2D eigenvalue weighted by atomic mass is 16.3. The number of carbonyl (C=O) groups excluding carboxylic acids is 4. The monoisotopic (exact) mass is 812 g/mol. The van der Waals surface area contributed by atoms with Crippen LogP contribution in [0.5, 0.6) is 0 Å². The summed E-state index contributed by atoms with van der Waals surface area (Å²) in [5, 5.41) is 35.8. The number of hydrogen-bond acceptors (Lipinski definition) is 11. The van der Waals surface area contributed by atoms with Gasteiger partial charge in [-0.05, 0) is 88.9 Å². The average Bonchev–Trinajstić information content (AvgIpc) is 3.84. The predicted octanol–water partition coefficient (Wildman–Crippen LogP) is 3.95. The molecule has 310 valence electrons. The van der Waals surface area contributed by atoms with Crippen molar-refractivity contribution in [3.8, 4) is 6.07 Å². The molecule has 3 aliphatic heterocycles. The fourth-order valence-corrected chi connectivity index (χ4v) is 9.18. The molecule has 7 heterocycles. The first kappa shape index (κ1) is 39.1. The zero-order valence-electron chi connectivity index (χ0n) is 34.0. The molecular weight excluding hydrogens is 765 g/mol. The molecule has 0 bridgehead atoms. The van der Waals surface area contributed by atoms with Gasteiger partial charge in [0.1, 0.15) is 17.6 Å². The van der Waals surface area contributed by atoms with Gasteiger partial charge in [0.15, 0.2) is 0 Å². The number of aryl methyl sites for hydroxylation is 1. The number of fused-ring (bicyclic) bond motifs is 2. The van der Waals surface area contributed by atoms with E-state index in [1.54, 1.807) is 36.9 Å². The number of nitrogens with one attached hydrogen (secondary N) is 2. The average molecular weight is 813 g/mol. The first-order chi connectivity index (χ1) is 28.8. The number of carbonyl (C=O) groups is 4. The van der Waals surface area contributed by atoms with E-state index in [2.05, 4.69) is 31.6 Å². The topological polar surface area (TPSA) is 197 Å². The Morgan fingerprint density at radius 2 is 1.72 bits per heavy atom. The molecule has 3 saturated heterocycles. The van der Waals surface area contributed by atoms with E-state index < -0.39 is 11.6 Å². The van der Waals surface area contributed by atoms with Gasteiger partial charge in [-0.1, -0.05) is 0 Å². The van der Waals surface area contributed by atoms with Gasteiger partial charge in [-0.3, -0.25) is 34.2 Å². The van der Waals surface area contributed by atoms with Crippen molar-refractivity contribution in [1.29, 1.82) is 5.26 Å². The lowest BCUT2D eigenvalue weighted by Gasteiger charge is -2.45. The molecular formula is C43H48N12O5. The van der Waals surface area contributed by atoms with Crippen LogP contribution in [-0.4, -0.2) is 115 Å². The number of rotatable bonds is 8. The number of benzene rings is 1. The summed E-state index contributed by atoms with van der Waals surface area (Å²) in [6, 6.07) is 14.8. The third kappa shape index (κ3) is 7.41. The van der Waals surface area contributed by atoms with Crippen LogP contribution in [0.3, 0.4) is 0 Å². The van der Waals surface area contributed by atoms with E-state index >= 15 is 0 Å². The molecule has 0 radical (unpaired) electrons. The van der Waals surface area contributed by atoms with Crippen molar-refractivity contribution in [1.82, 2.24) is 39.5 Å². The Bertz CT molecular complexity index is 2560. The Labute approximate surface area is 346 Å². The minimum atomic E-state index is -1.25. The molecule has 60 heavy (non-hydrogen) atoms. The van der Waals surface area contributed by atoms with Crippen molar-refractivity contribution < 1.29 is 24.3 Å². The number of nitriles is 1.